The Bertz CT molecular complexity index is 874. The van der Waals surface area contributed by atoms with Crippen LogP contribution in [-0.4, -0.2) is 42.9 Å². The molecule has 0 unspecified atom stereocenters. The lowest BCUT2D eigenvalue weighted by Gasteiger charge is -2.36. The Morgan fingerprint density at radius 3 is 2.33 bits per heavy atom. The number of rotatable bonds is 2. The highest BCUT2D eigenvalue weighted by Crippen LogP contribution is 2.24. The number of anilines is 2. The van der Waals surface area contributed by atoms with Crippen LogP contribution in [0.1, 0.15) is 16.7 Å². The molecule has 142 valence electrons. The predicted octanol–water partition coefficient (Wildman–Crippen LogP) is 3.66. The first-order valence-corrected chi connectivity index (χ1v) is 9.83. The van der Waals surface area contributed by atoms with E-state index < -0.39 is 11.8 Å². The molecule has 0 spiro atoms. The van der Waals surface area contributed by atoms with Crippen LogP contribution in [0.5, 0.6) is 0 Å². The maximum atomic E-state index is 12.5. The van der Waals surface area contributed by atoms with Crippen molar-refractivity contribution >= 4 is 39.1 Å². The number of amides is 2. The van der Waals surface area contributed by atoms with Crippen LogP contribution in [0.15, 0.2) is 40.9 Å². The zero-order valence-electron chi connectivity index (χ0n) is 15.9. The highest BCUT2D eigenvalue weighted by molar-refractivity contribution is 9.10. The molecule has 0 saturated carbocycles. The van der Waals surface area contributed by atoms with Gasteiger partial charge in [-0.2, -0.15) is 0 Å². The lowest BCUT2D eigenvalue weighted by atomic mass is 10.1. The van der Waals surface area contributed by atoms with Gasteiger partial charge in [-0.25, -0.2) is 0 Å². The predicted molar refractivity (Wildman–Crippen MR) is 112 cm³/mol. The number of piperazine rings is 1. The van der Waals surface area contributed by atoms with Crippen LogP contribution in [0.2, 0.25) is 0 Å². The third-order valence-electron chi connectivity index (χ3n) is 5.11. The van der Waals surface area contributed by atoms with Crippen LogP contribution in [0.3, 0.4) is 0 Å². The number of hydrogen-bond donors (Lipinski definition) is 1. The average Bonchev–Trinajstić information content (AvgIpc) is 2.66. The van der Waals surface area contributed by atoms with E-state index in [1.165, 1.54) is 16.8 Å². The molecule has 2 aromatic rings. The molecular formula is C21H24BrN3O2. The van der Waals surface area contributed by atoms with Crippen LogP contribution in [0.4, 0.5) is 11.4 Å². The van der Waals surface area contributed by atoms with Crippen molar-refractivity contribution in [1.82, 2.24) is 4.90 Å². The molecule has 0 atom stereocenters. The van der Waals surface area contributed by atoms with Gasteiger partial charge < -0.3 is 15.1 Å². The van der Waals surface area contributed by atoms with Crippen molar-refractivity contribution in [2.75, 3.05) is 36.4 Å². The van der Waals surface area contributed by atoms with Gasteiger partial charge in [-0.05, 0) is 61.7 Å². The summed E-state index contributed by atoms with van der Waals surface area (Å²) < 4.78 is 0.937. The molecule has 1 heterocycles. The van der Waals surface area contributed by atoms with Gasteiger partial charge in [0, 0.05) is 42.0 Å². The lowest BCUT2D eigenvalue weighted by molar-refractivity contribution is -0.143. The van der Waals surface area contributed by atoms with Gasteiger partial charge in [0.2, 0.25) is 0 Å². The zero-order valence-corrected chi connectivity index (χ0v) is 17.5. The van der Waals surface area contributed by atoms with E-state index in [1.807, 2.05) is 19.1 Å². The van der Waals surface area contributed by atoms with Gasteiger partial charge in [-0.3, -0.25) is 9.59 Å². The van der Waals surface area contributed by atoms with Crippen molar-refractivity contribution in [2.24, 2.45) is 0 Å². The van der Waals surface area contributed by atoms with E-state index in [-0.39, 0.29) is 0 Å². The minimum absolute atomic E-state index is 0.474. The van der Waals surface area contributed by atoms with Gasteiger partial charge in [0.15, 0.2) is 0 Å². The van der Waals surface area contributed by atoms with Gasteiger partial charge in [-0.15, -0.1) is 0 Å². The van der Waals surface area contributed by atoms with Crippen molar-refractivity contribution in [3.05, 3.63) is 57.6 Å². The molecule has 1 aliphatic rings. The Kier molecular flexibility index (Phi) is 5.85. The van der Waals surface area contributed by atoms with E-state index in [0.717, 1.165) is 23.1 Å². The normalized spacial score (nSPS) is 14.2. The maximum Gasteiger partial charge on any atom is 0.313 e. The Labute approximate surface area is 168 Å². The van der Waals surface area contributed by atoms with Gasteiger partial charge >= 0.3 is 11.8 Å². The van der Waals surface area contributed by atoms with Crippen LogP contribution >= 0.6 is 15.9 Å². The quantitative estimate of drug-likeness (QED) is 0.740. The summed E-state index contributed by atoms with van der Waals surface area (Å²) in [5.41, 5.74) is 5.30. The molecule has 0 aliphatic carbocycles. The maximum absolute atomic E-state index is 12.5. The summed E-state index contributed by atoms with van der Waals surface area (Å²) in [6, 6.07) is 11.8. The summed E-state index contributed by atoms with van der Waals surface area (Å²) >= 11 is 3.40. The van der Waals surface area contributed by atoms with Crippen LogP contribution < -0.4 is 10.2 Å². The Hall–Kier alpha value is -2.34. The average molecular weight is 430 g/mol. The smallest absolute Gasteiger partial charge is 0.313 e. The number of halogens is 1. The number of carbonyl (C=O) groups is 2. The molecule has 0 aromatic heterocycles. The highest BCUT2D eigenvalue weighted by Gasteiger charge is 2.27. The zero-order chi connectivity index (χ0) is 19.6. The van der Waals surface area contributed by atoms with Crippen LogP contribution in [0, 0.1) is 20.8 Å². The fourth-order valence-corrected chi connectivity index (χ4v) is 3.79. The fraction of sp³-hybridized carbons (Fsp3) is 0.333. The van der Waals surface area contributed by atoms with Crippen LogP contribution in [0.25, 0.3) is 0 Å². The molecular weight excluding hydrogens is 406 g/mol. The first-order valence-electron chi connectivity index (χ1n) is 9.04. The van der Waals surface area contributed by atoms with Gasteiger partial charge in [0.1, 0.15) is 0 Å². The van der Waals surface area contributed by atoms with Gasteiger partial charge in [0.05, 0.1) is 0 Å². The summed E-state index contributed by atoms with van der Waals surface area (Å²) in [5.74, 6) is -1.06. The van der Waals surface area contributed by atoms with E-state index in [9.17, 15) is 9.59 Å². The molecule has 1 saturated heterocycles. The van der Waals surface area contributed by atoms with E-state index in [4.69, 9.17) is 0 Å². The second kappa shape index (κ2) is 8.13. The molecule has 1 fully saturated rings. The first kappa shape index (κ1) is 19.4. The highest BCUT2D eigenvalue weighted by atomic mass is 79.9. The second-order valence-electron chi connectivity index (χ2n) is 6.91. The number of aryl methyl sites for hydroxylation is 2. The third kappa shape index (κ3) is 4.33. The molecule has 6 heteroatoms. The summed E-state index contributed by atoms with van der Waals surface area (Å²) in [4.78, 5) is 28.8. The van der Waals surface area contributed by atoms with Crippen molar-refractivity contribution in [3.63, 3.8) is 0 Å². The summed E-state index contributed by atoms with van der Waals surface area (Å²) in [5, 5.41) is 2.73. The number of nitrogens with one attached hydrogen (secondary N) is 1. The Balaban J connectivity index is 1.61. The second-order valence-corrected chi connectivity index (χ2v) is 7.83. The molecule has 1 N–H and O–H groups in total. The molecule has 27 heavy (non-hydrogen) atoms. The van der Waals surface area contributed by atoms with Crippen molar-refractivity contribution < 1.29 is 9.59 Å². The van der Waals surface area contributed by atoms with Gasteiger partial charge in [0.25, 0.3) is 0 Å². The van der Waals surface area contributed by atoms with Crippen molar-refractivity contribution in [3.8, 4) is 0 Å². The number of carbonyl (C=O) groups excluding carboxylic acids is 2. The molecule has 2 aromatic carbocycles. The largest absolute Gasteiger partial charge is 0.368 e. The van der Waals surface area contributed by atoms with Crippen molar-refractivity contribution in [2.45, 2.75) is 20.8 Å². The lowest BCUT2D eigenvalue weighted by Crippen LogP contribution is -2.51. The number of hydrogen-bond acceptors (Lipinski definition) is 3. The van der Waals surface area contributed by atoms with E-state index >= 15 is 0 Å². The molecule has 2 amide bonds. The molecule has 0 radical (unpaired) electrons. The fourth-order valence-electron chi connectivity index (χ4n) is 3.32. The van der Waals surface area contributed by atoms with Crippen molar-refractivity contribution in [1.29, 1.82) is 0 Å². The topological polar surface area (TPSA) is 52.7 Å². The van der Waals surface area contributed by atoms with E-state index in [0.29, 0.717) is 18.8 Å². The minimum Gasteiger partial charge on any atom is -0.368 e. The number of nitrogens with zero attached hydrogens (tertiary/aromatic N) is 2. The Morgan fingerprint density at radius 2 is 1.67 bits per heavy atom. The molecule has 5 nitrogen and oxygen atoms in total. The molecule has 1 aliphatic heterocycles. The standard InChI is InChI=1S/C21H24BrN3O2/c1-14-5-4-6-19(16(14)3)24-9-11-25(12-10-24)21(27)20(26)23-18-8-7-17(22)13-15(18)2/h4-8,13H,9-12H2,1-3H3,(H,23,26). The molecule has 0 bridgehead atoms. The monoisotopic (exact) mass is 429 g/mol. The third-order valence-corrected chi connectivity index (χ3v) is 5.61. The SMILES string of the molecule is Cc1cc(Br)ccc1NC(=O)C(=O)N1CCN(c2cccc(C)c2C)CC1. The summed E-state index contributed by atoms with van der Waals surface area (Å²) in [6.45, 7) is 8.65. The minimum atomic E-state index is -0.583. The van der Waals surface area contributed by atoms with E-state index in [1.54, 1.807) is 11.0 Å². The summed E-state index contributed by atoms with van der Waals surface area (Å²) in [6.07, 6.45) is 0. The first-order chi connectivity index (χ1) is 12.9. The van der Waals surface area contributed by atoms with Crippen LogP contribution in [-0.2, 0) is 9.59 Å². The summed E-state index contributed by atoms with van der Waals surface area (Å²) in [7, 11) is 0. The molecule has 3 rings (SSSR count). The van der Waals surface area contributed by atoms with Gasteiger partial charge in [-0.1, -0.05) is 28.1 Å². The Morgan fingerprint density at radius 1 is 0.963 bits per heavy atom. The van der Waals surface area contributed by atoms with E-state index in [2.05, 4.69) is 58.2 Å². The number of benzene rings is 2.